The van der Waals surface area contributed by atoms with Crippen LogP contribution in [-0.2, 0) is 16.1 Å². The Hall–Kier alpha value is -1.92. The van der Waals surface area contributed by atoms with Crippen LogP contribution in [0.15, 0.2) is 12.7 Å². The maximum absolute atomic E-state index is 12.0. The van der Waals surface area contributed by atoms with Crippen molar-refractivity contribution in [3.8, 4) is 0 Å². The van der Waals surface area contributed by atoms with E-state index in [1.54, 1.807) is 22.8 Å². The number of aryl methyl sites for hydroxylation is 1. The van der Waals surface area contributed by atoms with Gasteiger partial charge >= 0.3 is 5.97 Å². The molecule has 2 unspecified atom stereocenters. The molecule has 2 rings (SSSR count). The number of aromatic nitrogens is 3. The van der Waals surface area contributed by atoms with E-state index in [4.69, 9.17) is 5.11 Å². The van der Waals surface area contributed by atoms with Gasteiger partial charge in [0.15, 0.2) is 0 Å². The lowest BCUT2D eigenvalue weighted by Crippen LogP contribution is -2.38. The van der Waals surface area contributed by atoms with E-state index >= 15 is 0 Å². The van der Waals surface area contributed by atoms with Crippen LogP contribution in [0.3, 0.4) is 0 Å². The number of amides is 1. The number of carboxylic acid groups (broad SMARTS) is 1. The fourth-order valence-corrected chi connectivity index (χ4v) is 2.32. The first-order valence-corrected chi connectivity index (χ1v) is 5.94. The highest BCUT2D eigenvalue weighted by Crippen LogP contribution is 2.24. The van der Waals surface area contributed by atoms with Gasteiger partial charge in [0.1, 0.15) is 12.7 Å². The van der Waals surface area contributed by atoms with E-state index in [0.717, 1.165) is 0 Å². The molecule has 1 aliphatic heterocycles. The number of carbonyl (C=O) groups is 2. The molecule has 1 amide bonds. The molecule has 0 radical (unpaired) electrons. The molecular weight excluding hydrogens is 236 g/mol. The minimum absolute atomic E-state index is 0.0262. The maximum Gasteiger partial charge on any atom is 0.308 e. The normalized spacial score (nSPS) is 23.3. The van der Waals surface area contributed by atoms with E-state index in [9.17, 15) is 9.59 Å². The molecule has 0 aromatic carbocycles. The molecule has 0 aliphatic carbocycles. The fraction of sp³-hybridized carbons (Fsp3) is 0.636. The Morgan fingerprint density at radius 2 is 2.28 bits per heavy atom. The van der Waals surface area contributed by atoms with E-state index in [0.29, 0.717) is 25.9 Å². The van der Waals surface area contributed by atoms with Gasteiger partial charge in [0.25, 0.3) is 0 Å². The van der Waals surface area contributed by atoms with E-state index in [1.165, 1.54) is 6.33 Å². The molecule has 1 aromatic heterocycles. The van der Waals surface area contributed by atoms with Gasteiger partial charge in [-0.15, -0.1) is 0 Å². The van der Waals surface area contributed by atoms with Gasteiger partial charge in [-0.25, -0.2) is 4.98 Å². The molecule has 98 valence electrons. The van der Waals surface area contributed by atoms with Gasteiger partial charge in [-0.2, -0.15) is 5.10 Å². The minimum atomic E-state index is -0.825. The zero-order valence-corrected chi connectivity index (χ0v) is 10.2. The third-order valence-electron chi connectivity index (χ3n) is 3.41. The van der Waals surface area contributed by atoms with E-state index in [1.807, 2.05) is 0 Å². The molecule has 7 nitrogen and oxygen atoms in total. The topological polar surface area (TPSA) is 88.3 Å². The number of nitrogens with zero attached hydrogens (tertiary/aromatic N) is 4. The number of likely N-dealkylation sites (tertiary alicyclic amines) is 1. The van der Waals surface area contributed by atoms with Crippen molar-refractivity contribution in [2.45, 2.75) is 32.4 Å². The number of aliphatic carboxylic acids is 1. The van der Waals surface area contributed by atoms with Gasteiger partial charge in [0.2, 0.25) is 5.91 Å². The van der Waals surface area contributed by atoms with E-state index in [2.05, 4.69) is 10.1 Å². The second-order valence-electron chi connectivity index (χ2n) is 4.47. The number of carboxylic acids is 1. The van der Waals surface area contributed by atoms with Crippen molar-refractivity contribution in [2.75, 3.05) is 6.54 Å². The second-order valence-corrected chi connectivity index (χ2v) is 4.47. The van der Waals surface area contributed by atoms with Crippen LogP contribution >= 0.6 is 0 Å². The number of hydrogen-bond donors (Lipinski definition) is 1. The molecule has 7 heteroatoms. The first-order chi connectivity index (χ1) is 8.59. The van der Waals surface area contributed by atoms with Gasteiger partial charge in [-0.05, 0) is 13.3 Å². The van der Waals surface area contributed by atoms with Crippen LogP contribution in [0.25, 0.3) is 0 Å². The molecule has 1 aliphatic rings. The van der Waals surface area contributed by atoms with Crippen LogP contribution in [0.4, 0.5) is 0 Å². The van der Waals surface area contributed by atoms with Crippen molar-refractivity contribution < 1.29 is 14.7 Å². The van der Waals surface area contributed by atoms with Crippen LogP contribution in [0.5, 0.6) is 0 Å². The number of hydrogen-bond acceptors (Lipinski definition) is 4. The first kappa shape index (κ1) is 12.5. The molecule has 1 fully saturated rings. The maximum atomic E-state index is 12.0. The monoisotopic (exact) mass is 252 g/mol. The third-order valence-corrected chi connectivity index (χ3v) is 3.41. The summed E-state index contributed by atoms with van der Waals surface area (Å²) in [6.45, 7) is 2.78. The second kappa shape index (κ2) is 5.16. The van der Waals surface area contributed by atoms with Crippen molar-refractivity contribution in [1.82, 2.24) is 19.7 Å². The van der Waals surface area contributed by atoms with Crippen LogP contribution < -0.4 is 0 Å². The standard InChI is InChI=1S/C11H16N4O3/c1-8-9(11(17)18)2-5-15(8)10(16)3-4-14-7-12-6-13-14/h6-9H,2-5H2,1H3,(H,17,18). The SMILES string of the molecule is CC1C(C(=O)O)CCN1C(=O)CCn1cncn1. The van der Waals surface area contributed by atoms with Gasteiger partial charge in [-0.1, -0.05) is 0 Å². The first-order valence-electron chi connectivity index (χ1n) is 5.94. The Balaban J connectivity index is 1.88. The Labute approximate surface area is 104 Å². The lowest BCUT2D eigenvalue weighted by molar-refractivity contribution is -0.143. The van der Waals surface area contributed by atoms with Crippen LogP contribution in [0.2, 0.25) is 0 Å². The molecule has 18 heavy (non-hydrogen) atoms. The van der Waals surface area contributed by atoms with Crippen molar-refractivity contribution in [1.29, 1.82) is 0 Å². The average molecular weight is 252 g/mol. The lowest BCUT2D eigenvalue weighted by Gasteiger charge is -2.23. The molecule has 2 atom stereocenters. The van der Waals surface area contributed by atoms with Crippen LogP contribution in [0, 0.1) is 5.92 Å². The van der Waals surface area contributed by atoms with Crippen molar-refractivity contribution >= 4 is 11.9 Å². The number of rotatable bonds is 4. The molecule has 0 spiro atoms. The Kier molecular flexibility index (Phi) is 3.59. The number of carbonyl (C=O) groups excluding carboxylic acids is 1. The third kappa shape index (κ3) is 2.49. The minimum Gasteiger partial charge on any atom is -0.481 e. The summed E-state index contributed by atoms with van der Waals surface area (Å²) in [4.78, 5) is 28.4. The van der Waals surface area contributed by atoms with Crippen molar-refractivity contribution in [2.24, 2.45) is 5.92 Å². The zero-order valence-electron chi connectivity index (χ0n) is 10.2. The van der Waals surface area contributed by atoms with Crippen LogP contribution in [0.1, 0.15) is 19.8 Å². The molecule has 0 saturated carbocycles. The summed E-state index contributed by atoms with van der Waals surface area (Å²) in [6, 6.07) is -0.231. The van der Waals surface area contributed by atoms with E-state index in [-0.39, 0.29) is 11.9 Å². The smallest absolute Gasteiger partial charge is 0.308 e. The lowest BCUT2D eigenvalue weighted by atomic mass is 10.0. The Morgan fingerprint density at radius 1 is 1.50 bits per heavy atom. The summed E-state index contributed by atoms with van der Waals surface area (Å²) < 4.78 is 1.59. The summed E-state index contributed by atoms with van der Waals surface area (Å²) in [6.07, 6.45) is 3.83. The fourth-order valence-electron chi connectivity index (χ4n) is 2.32. The van der Waals surface area contributed by atoms with Gasteiger partial charge in [0, 0.05) is 19.0 Å². The van der Waals surface area contributed by atoms with Gasteiger partial charge in [0.05, 0.1) is 12.5 Å². The van der Waals surface area contributed by atoms with Gasteiger partial charge < -0.3 is 10.0 Å². The highest BCUT2D eigenvalue weighted by atomic mass is 16.4. The molecular formula is C11H16N4O3. The zero-order chi connectivity index (χ0) is 13.1. The highest BCUT2D eigenvalue weighted by Gasteiger charge is 2.37. The average Bonchev–Trinajstić information content (AvgIpc) is 2.94. The van der Waals surface area contributed by atoms with Crippen LogP contribution in [-0.4, -0.2) is 49.2 Å². The van der Waals surface area contributed by atoms with Crippen molar-refractivity contribution in [3.05, 3.63) is 12.7 Å². The summed E-state index contributed by atoms with van der Waals surface area (Å²) >= 11 is 0. The molecule has 1 saturated heterocycles. The molecule has 1 N–H and O–H groups in total. The summed E-state index contributed by atoms with van der Waals surface area (Å²) in [5.41, 5.74) is 0. The Bertz CT molecular complexity index is 432. The molecule has 2 heterocycles. The molecule has 1 aromatic rings. The predicted octanol–water partition coefficient (Wildman–Crippen LogP) is -0.0102. The summed E-state index contributed by atoms with van der Waals surface area (Å²) in [5.74, 6) is -1.30. The highest BCUT2D eigenvalue weighted by molar-refractivity contribution is 5.79. The largest absolute Gasteiger partial charge is 0.481 e. The molecule has 0 bridgehead atoms. The Morgan fingerprint density at radius 3 is 2.83 bits per heavy atom. The van der Waals surface area contributed by atoms with Crippen molar-refractivity contribution in [3.63, 3.8) is 0 Å². The summed E-state index contributed by atoms with van der Waals surface area (Å²) in [5, 5.41) is 12.9. The van der Waals surface area contributed by atoms with E-state index < -0.39 is 11.9 Å². The predicted molar refractivity (Wildman–Crippen MR) is 61.6 cm³/mol. The quantitative estimate of drug-likeness (QED) is 0.814. The van der Waals surface area contributed by atoms with Gasteiger partial charge in [-0.3, -0.25) is 14.3 Å². The summed E-state index contributed by atoms with van der Waals surface area (Å²) in [7, 11) is 0.